The normalized spacial score (nSPS) is 18.3. The Morgan fingerprint density at radius 1 is 1.45 bits per heavy atom. The van der Waals surface area contributed by atoms with Crippen molar-refractivity contribution in [1.82, 2.24) is 10.2 Å². The molecule has 0 saturated carbocycles. The second-order valence-corrected chi connectivity index (χ2v) is 5.19. The second kappa shape index (κ2) is 6.31. The Labute approximate surface area is 118 Å². The van der Waals surface area contributed by atoms with E-state index in [1.54, 1.807) is 0 Å². The highest BCUT2D eigenvalue weighted by Gasteiger charge is 2.26. The molecule has 1 N–H and O–H groups in total. The van der Waals surface area contributed by atoms with Gasteiger partial charge in [0.25, 0.3) is 5.91 Å². The summed E-state index contributed by atoms with van der Waals surface area (Å²) >= 11 is 0. The molecule has 1 aliphatic rings. The van der Waals surface area contributed by atoms with Crippen LogP contribution in [0.4, 0.5) is 8.78 Å². The molecule has 0 aliphatic carbocycles. The van der Waals surface area contributed by atoms with Gasteiger partial charge < -0.3 is 10.2 Å². The molecule has 0 radical (unpaired) electrons. The maximum atomic E-state index is 14.0. The molecule has 0 bridgehead atoms. The van der Waals surface area contributed by atoms with Gasteiger partial charge >= 0.3 is 0 Å². The van der Waals surface area contributed by atoms with Gasteiger partial charge in [-0.1, -0.05) is 6.07 Å². The fraction of sp³-hybridized carbons (Fsp3) is 0.533. The van der Waals surface area contributed by atoms with Crippen LogP contribution in [0, 0.1) is 18.6 Å². The second-order valence-electron chi connectivity index (χ2n) is 5.19. The molecule has 20 heavy (non-hydrogen) atoms. The van der Waals surface area contributed by atoms with Crippen molar-refractivity contribution in [2.75, 3.05) is 19.6 Å². The Hall–Kier alpha value is -1.49. The van der Waals surface area contributed by atoms with E-state index in [1.807, 2.05) is 6.92 Å². The molecule has 1 unspecified atom stereocenters. The number of benzene rings is 1. The minimum Gasteiger partial charge on any atom is -0.337 e. The average molecular weight is 282 g/mol. The fourth-order valence-electron chi connectivity index (χ4n) is 2.55. The highest BCUT2D eigenvalue weighted by molar-refractivity contribution is 5.95. The minimum absolute atomic E-state index is 0.217. The molecule has 0 spiro atoms. The quantitative estimate of drug-likeness (QED) is 0.920. The molecule has 0 aromatic heterocycles. The first kappa shape index (κ1) is 14.9. The van der Waals surface area contributed by atoms with Gasteiger partial charge in [0.1, 0.15) is 17.2 Å². The zero-order valence-corrected chi connectivity index (χ0v) is 11.9. The predicted octanol–water partition coefficient (Wildman–Crippen LogP) is 2.49. The largest absolute Gasteiger partial charge is 0.337 e. The number of halogens is 2. The van der Waals surface area contributed by atoms with Crippen LogP contribution in [-0.2, 0) is 0 Å². The first-order valence-corrected chi connectivity index (χ1v) is 7.01. The van der Waals surface area contributed by atoms with Crippen LogP contribution in [0.15, 0.2) is 12.1 Å². The summed E-state index contributed by atoms with van der Waals surface area (Å²) < 4.78 is 27.8. The number of nitrogens with zero attached hydrogens (tertiary/aromatic N) is 1. The van der Waals surface area contributed by atoms with Crippen LogP contribution in [0.2, 0.25) is 0 Å². The Bertz CT molecular complexity index is 499. The molecule has 1 saturated heterocycles. The first-order chi connectivity index (χ1) is 9.54. The lowest BCUT2D eigenvalue weighted by Crippen LogP contribution is -2.41. The van der Waals surface area contributed by atoms with Gasteiger partial charge in [0.15, 0.2) is 0 Å². The van der Waals surface area contributed by atoms with E-state index in [0.717, 1.165) is 25.5 Å². The lowest BCUT2D eigenvalue weighted by Gasteiger charge is -2.25. The maximum Gasteiger partial charge on any atom is 0.259 e. The molecule has 1 aliphatic heterocycles. The van der Waals surface area contributed by atoms with Crippen LogP contribution in [0.25, 0.3) is 0 Å². The lowest BCUT2D eigenvalue weighted by atomic mass is 10.1. The van der Waals surface area contributed by atoms with Gasteiger partial charge in [-0.3, -0.25) is 4.79 Å². The van der Waals surface area contributed by atoms with E-state index in [0.29, 0.717) is 13.1 Å². The van der Waals surface area contributed by atoms with Gasteiger partial charge in [-0.25, -0.2) is 8.78 Å². The Kier molecular flexibility index (Phi) is 4.70. The Balaban J connectivity index is 2.21. The summed E-state index contributed by atoms with van der Waals surface area (Å²) in [5.41, 5.74) is -0.158. The predicted molar refractivity (Wildman–Crippen MR) is 73.7 cm³/mol. The summed E-state index contributed by atoms with van der Waals surface area (Å²) in [5, 5.41) is 3.29. The van der Waals surface area contributed by atoms with E-state index in [9.17, 15) is 13.6 Å². The summed E-state index contributed by atoms with van der Waals surface area (Å²) in [6.07, 6.45) is 2.06. The van der Waals surface area contributed by atoms with Crippen LogP contribution in [0.1, 0.15) is 35.7 Å². The molecule has 2 rings (SSSR count). The maximum absolute atomic E-state index is 14.0. The van der Waals surface area contributed by atoms with Crippen molar-refractivity contribution in [2.24, 2.45) is 0 Å². The summed E-state index contributed by atoms with van der Waals surface area (Å²) in [4.78, 5) is 13.9. The molecule has 3 nitrogen and oxygen atoms in total. The topological polar surface area (TPSA) is 32.3 Å². The van der Waals surface area contributed by atoms with Crippen molar-refractivity contribution in [3.63, 3.8) is 0 Å². The van der Waals surface area contributed by atoms with Crippen molar-refractivity contribution in [3.05, 3.63) is 34.9 Å². The van der Waals surface area contributed by atoms with Crippen LogP contribution in [0.3, 0.4) is 0 Å². The first-order valence-electron chi connectivity index (χ1n) is 7.01. The number of nitrogens with one attached hydrogen (secondary N) is 1. The zero-order chi connectivity index (χ0) is 14.7. The van der Waals surface area contributed by atoms with Crippen LogP contribution >= 0.6 is 0 Å². The fourth-order valence-corrected chi connectivity index (χ4v) is 2.55. The highest BCUT2D eigenvalue weighted by atomic mass is 19.1. The number of aryl methyl sites for hydroxylation is 1. The molecule has 5 heteroatoms. The minimum atomic E-state index is -0.795. The molecular formula is C15H20F2N2O. The van der Waals surface area contributed by atoms with Crippen LogP contribution < -0.4 is 5.32 Å². The molecule has 1 atom stereocenters. The smallest absolute Gasteiger partial charge is 0.259 e. The summed E-state index contributed by atoms with van der Waals surface area (Å²) in [7, 11) is 0. The standard InChI is InChI=1S/C15H20F2N2O/c1-3-19(9-11-5-4-8-18-11)15(20)13-12(16)7-6-10(2)14(13)17/h6-7,11,18H,3-5,8-9H2,1-2H3. The van der Waals surface area contributed by atoms with Crippen molar-refractivity contribution >= 4 is 5.91 Å². The number of hydrogen-bond acceptors (Lipinski definition) is 2. The summed E-state index contributed by atoms with van der Waals surface area (Å²) in [6.45, 7) is 5.20. The number of rotatable bonds is 4. The molecule has 110 valence electrons. The van der Waals surface area contributed by atoms with Gasteiger partial charge in [0.2, 0.25) is 0 Å². The molecule has 1 heterocycles. The highest BCUT2D eigenvalue weighted by Crippen LogP contribution is 2.19. The van der Waals surface area contributed by atoms with E-state index >= 15 is 0 Å². The number of likely N-dealkylation sites (N-methyl/N-ethyl adjacent to an activating group) is 1. The molecule has 1 aromatic carbocycles. The van der Waals surface area contributed by atoms with Crippen molar-refractivity contribution < 1.29 is 13.6 Å². The van der Waals surface area contributed by atoms with E-state index in [1.165, 1.54) is 17.9 Å². The Morgan fingerprint density at radius 2 is 2.20 bits per heavy atom. The lowest BCUT2D eigenvalue weighted by molar-refractivity contribution is 0.0741. The third-order valence-corrected chi connectivity index (χ3v) is 3.77. The number of carbonyl (C=O) groups is 1. The van der Waals surface area contributed by atoms with E-state index < -0.39 is 23.1 Å². The summed E-state index contributed by atoms with van der Waals surface area (Å²) in [6, 6.07) is 2.71. The monoisotopic (exact) mass is 282 g/mol. The van der Waals surface area contributed by atoms with Crippen molar-refractivity contribution in [3.8, 4) is 0 Å². The SMILES string of the molecule is CCN(CC1CCCN1)C(=O)c1c(F)ccc(C)c1F. The van der Waals surface area contributed by atoms with E-state index in [4.69, 9.17) is 0 Å². The molecule has 1 aromatic rings. The van der Waals surface area contributed by atoms with E-state index in [-0.39, 0.29) is 11.6 Å². The summed E-state index contributed by atoms with van der Waals surface area (Å²) in [5.74, 6) is -2.12. The number of amides is 1. The van der Waals surface area contributed by atoms with Crippen LogP contribution in [0.5, 0.6) is 0 Å². The zero-order valence-electron chi connectivity index (χ0n) is 11.9. The van der Waals surface area contributed by atoms with Gasteiger partial charge in [-0.15, -0.1) is 0 Å². The van der Waals surface area contributed by atoms with Gasteiger partial charge in [-0.2, -0.15) is 0 Å². The number of carbonyl (C=O) groups excluding carboxylic acids is 1. The number of hydrogen-bond donors (Lipinski definition) is 1. The molecule has 1 fully saturated rings. The van der Waals surface area contributed by atoms with Crippen LogP contribution in [-0.4, -0.2) is 36.5 Å². The Morgan fingerprint density at radius 3 is 2.80 bits per heavy atom. The van der Waals surface area contributed by atoms with Gasteiger partial charge in [0.05, 0.1) is 0 Å². The van der Waals surface area contributed by atoms with Crippen molar-refractivity contribution in [1.29, 1.82) is 0 Å². The molecular weight excluding hydrogens is 262 g/mol. The third-order valence-electron chi connectivity index (χ3n) is 3.77. The average Bonchev–Trinajstić information content (AvgIpc) is 2.93. The van der Waals surface area contributed by atoms with Gasteiger partial charge in [-0.05, 0) is 44.9 Å². The molecule has 1 amide bonds. The van der Waals surface area contributed by atoms with Crippen molar-refractivity contribution in [2.45, 2.75) is 32.7 Å². The third kappa shape index (κ3) is 2.98. The van der Waals surface area contributed by atoms with Gasteiger partial charge in [0, 0.05) is 19.1 Å². The van der Waals surface area contributed by atoms with E-state index in [2.05, 4.69) is 5.32 Å².